The first-order valence-electron chi connectivity index (χ1n) is 4.97. The number of carbonyl (C=O) groups excluding carboxylic acids is 1. The van der Waals surface area contributed by atoms with Crippen LogP contribution < -0.4 is 5.56 Å². The van der Waals surface area contributed by atoms with E-state index in [0.717, 1.165) is 11.1 Å². The second kappa shape index (κ2) is 4.14. The van der Waals surface area contributed by atoms with Crippen molar-refractivity contribution >= 4 is 5.78 Å². The first-order valence-corrected chi connectivity index (χ1v) is 4.97. The Morgan fingerprint density at radius 1 is 1.12 bits per heavy atom. The number of rotatable bonds is 2. The molecule has 1 aromatic heterocycles. The summed E-state index contributed by atoms with van der Waals surface area (Å²) < 4.78 is 0. The van der Waals surface area contributed by atoms with Crippen LogP contribution in [0.2, 0.25) is 0 Å². The number of hydrogen-bond acceptors (Lipinski definition) is 2. The molecule has 0 bridgehead atoms. The SMILES string of the molecule is CC(=O)c1cccc(-c2cc[nH]c(=O)c2)c1. The Bertz CT molecular complexity index is 584. The third-order valence-corrected chi connectivity index (χ3v) is 2.38. The number of hydrogen-bond donors (Lipinski definition) is 1. The summed E-state index contributed by atoms with van der Waals surface area (Å²) in [5, 5.41) is 0. The number of ketones is 1. The van der Waals surface area contributed by atoms with Crippen LogP contribution in [-0.4, -0.2) is 10.8 Å². The van der Waals surface area contributed by atoms with Gasteiger partial charge >= 0.3 is 0 Å². The predicted octanol–water partition coefficient (Wildman–Crippen LogP) is 2.24. The quantitative estimate of drug-likeness (QED) is 0.778. The Labute approximate surface area is 92.8 Å². The topological polar surface area (TPSA) is 49.9 Å². The maximum atomic E-state index is 11.2. The van der Waals surface area contributed by atoms with Gasteiger partial charge in [0.05, 0.1) is 0 Å². The van der Waals surface area contributed by atoms with Crippen LogP contribution in [0.25, 0.3) is 11.1 Å². The Kier molecular flexibility index (Phi) is 2.68. The van der Waals surface area contributed by atoms with Crippen LogP contribution in [0.1, 0.15) is 17.3 Å². The zero-order valence-corrected chi connectivity index (χ0v) is 8.86. The molecule has 80 valence electrons. The summed E-state index contributed by atoms with van der Waals surface area (Å²) in [6, 6.07) is 10.6. The summed E-state index contributed by atoms with van der Waals surface area (Å²) in [6.45, 7) is 1.52. The van der Waals surface area contributed by atoms with E-state index >= 15 is 0 Å². The van der Waals surface area contributed by atoms with Crippen LogP contribution in [0.5, 0.6) is 0 Å². The molecule has 3 heteroatoms. The summed E-state index contributed by atoms with van der Waals surface area (Å²) in [5.41, 5.74) is 2.19. The lowest BCUT2D eigenvalue weighted by atomic mass is 10.0. The van der Waals surface area contributed by atoms with Gasteiger partial charge in [0, 0.05) is 17.8 Å². The maximum Gasteiger partial charge on any atom is 0.248 e. The van der Waals surface area contributed by atoms with Crippen molar-refractivity contribution in [1.82, 2.24) is 4.98 Å². The van der Waals surface area contributed by atoms with Gasteiger partial charge in [-0.05, 0) is 30.2 Å². The van der Waals surface area contributed by atoms with Crippen molar-refractivity contribution in [3.05, 3.63) is 58.5 Å². The summed E-state index contributed by atoms with van der Waals surface area (Å²) in [5.74, 6) is 0.0201. The van der Waals surface area contributed by atoms with Gasteiger partial charge in [0.2, 0.25) is 5.56 Å². The Morgan fingerprint density at radius 3 is 2.56 bits per heavy atom. The van der Waals surface area contributed by atoms with E-state index in [4.69, 9.17) is 0 Å². The Balaban J connectivity index is 2.52. The highest BCUT2D eigenvalue weighted by atomic mass is 16.1. The van der Waals surface area contributed by atoms with Gasteiger partial charge in [0.25, 0.3) is 0 Å². The molecule has 0 spiro atoms. The molecule has 0 unspecified atom stereocenters. The fourth-order valence-electron chi connectivity index (χ4n) is 1.54. The number of aromatic amines is 1. The smallest absolute Gasteiger partial charge is 0.248 e. The number of Topliss-reactive ketones (excluding diaryl/α,β-unsaturated/α-hetero) is 1. The second-order valence-electron chi connectivity index (χ2n) is 3.58. The molecule has 0 saturated carbocycles. The molecule has 0 atom stereocenters. The minimum Gasteiger partial charge on any atom is -0.329 e. The fourth-order valence-corrected chi connectivity index (χ4v) is 1.54. The van der Waals surface area contributed by atoms with E-state index < -0.39 is 0 Å². The number of benzene rings is 1. The zero-order chi connectivity index (χ0) is 11.5. The van der Waals surface area contributed by atoms with E-state index in [-0.39, 0.29) is 11.3 Å². The lowest BCUT2D eigenvalue weighted by molar-refractivity contribution is 0.101. The van der Waals surface area contributed by atoms with Crippen molar-refractivity contribution in [3.63, 3.8) is 0 Å². The van der Waals surface area contributed by atoms with Gasteiger partial charge in [-0.1, -0.05) is 18.2 Å². The second-order valence-corrected chi connectivity index (χ2v) is 3.58. The molecular formula is C13H11NO2. The molecule has 0 aliphatic heterocycles. The number of aromatic nitrogens is 1. The van der Waals surface area contributed by atoms with Gasteiger partial charge in [-0.2, -0.15) is 0 Å². The fraction of sp³-hybridized carbons (Fsp3) is 0.0769. The number of carbonyl (C=O) groups is 1. The number of nitrogens with one attached hydrogen (secondary N) is 1. The molecule has 3 nitrogen and oxygen atoms in total. The molecule has 0 radical (unpaired) electrons. The summed E-state index contributed by atoms with van der Waals surface area (Å²) in [7, 11) is 0. The third kappa shape index (κ3) is 2.08. The summed E-state index contributed by atoms with van der Waals surface area (Å²) in [6.07, 6.45) is 1.60. The molecule has 16 heavy (non-hydrogen) atoms. The molecule has 0 fully saturated rings. The highest BCUT2D eigenvalue weighted by molar-refractivity contribution is 5.95. The van der Waals surface area contributed by atoms with Crippen LogP contribution in [0.15, 0.2) is 47.4 Å². The molecule has 0 amide bonds. The molecular weight excluding hydrogens is 202 g/mol. The largest absolute Gasteiger partial charge is 0.329 e. The van der Waals surface area contributed by atoms with Crippen LogP contribution in [-0.2, 0) is 0 Å². The third-order valence-electron chi connectivity index (χ3n) is 2.38. The molecule has 0 aliphatic carbocycles. The first kappa shape index (κ1) is 10.4. The van der Waals surface area contributed by atoms with Crippen molar-refractivity contribution in [2.45, 2.75) is 6.92 Å². The van der Waals surface area contributed by atoms with Gasteiger partial charge in [-0.25, -0.2) is 0 Å². The summed E-state index contributed by atoms with van der Waals surface area (Å²) in [4.78, 5) is 24.9. The molecule has 1 N–H and O–H groups in total. The van der Waals surface area contributed by atoms with E-state index in [2.05, 4.69) is 4.98 Å². The molecule has 0 aliphatic rings. The standard InChI is InChI=1S/C13H11NO2/c1-9(15)10-3-2-4-11(7-10)12-5-6-14-13(16)8-12/h2-8H,1H3,(H,14,16). The lowest BCUT2D eigenvalue weighted by Gasteiger charge is -2.02. The monoisotopic (exact) mass is 213 g/mol. The van der Waals surface area contributed by atoms with E-state index in [9.17, 15) is 9.59 Å². The van der Waals surface area contributed by atoms with Crippen molar-refractivity contribution in [1.29, 1.82) is 0 Å². The average molecular weight is 213 g/mol. The van der Waals surface area contributed by atoms with Crippen molar-refractivity contribution in [2.24, 2.45) is 0 Å². The molecule has 1 heterocycles. The van der Waals surface area contributed by atoms with Crippen LogP contribution >= 0.6 is 0 Å². The molecule has 0 saturated heterocycles. The van der Waals surface area contributed by atoms with Crippen molar-refractivity contribution < 1.29 is 4.79 Å². The van der Waals surface area contributed by atoms with E-state index in [0.29, 0.717) is 5.56 Å². The molecule has 1 aromatic carbocycles. The van der Waals surface area contributed by atoms with E-state index in [1.807, 2.05) is 12.1 Å². The van der Waals surface area contributed by atoms with Gasteiger partial charge in [-0.15, -0.1) is 0 Å². The van der Waals surface area contributed by atoms with E-state index in [1.165, 1.54) is 13.0 Å². The van der Waals surface area contributed by atoms with Crippen LogP contribution in [0.4, 0.5) is 0 Å². The normalized spacial score (nSPS) is 10.1. The summed E-state index contributed by atoms with van der Waals surface area (Å²) >= 11 is 0. The van der Waals surface area contributed by atoms with Gasteiger partial charge in [0.1, 0.15) is 0 Å². The molecule has 2 aromatic rings. The van der Waals surface area contributed by atoms with Gasteiger partial charge in [0.15, 0.2) is 5.78 Å². The zero-order valence-electron chi connectivity index (χ0n) is 8.86. The lowest BCUT2D eigenvalue weighted by Crippen LogP contribution is -2.02. The Hall–Kier alpha value is -2.16. The average Bonchev–Trinajstić information content (AvgIpc) is 2.29. The van der Waals surface area contributed by atoms with Crippen LogP contribution in [0.3, 0.4) is 0 Å². The first-order chi connectivity index (χ1) is 7.66. The highest BCUT2D eigenvalue weighted by Gasteiger charge is 2.02. The molecule has 2 rings (SSSR count). The minimum atomic E-state index is -0.147. The minimum absolute atomic E-state index is 0.0201. The number of H-pyrrole nitrogens is 1. The Morgan fingerprint density at radius 2 is 1.88 bits per heavy atom. The van der Waals surface area contributed by atoms with E-state index in [1.54, 1.807) is 24.4 Å². The van der Waals surface area contributed by atoms with Crippen molar-refractivity contribution in [3.8, 4) is 11.1 Å². The van der Waals surface area contributed by atoms with Crippen molar-refractivity contribution in [2.75, 3.05) is 0 Å². The maximum absolute atomic E-state index is 11.2. The highest BCUT2D eigenvalue weighted by Crippen LogP contribution is 2.18. The number of pyridine rings is 1. The van der Waals surface area contributed by atoms with Crippen LogP contribution in [0, 0.1) is 0 Å². The van der Waals surface area contributed by atoms with Gasteiger partial charge < -0.3 is 4.98 Å². The van der Waals surface area contributed by atoms with Gasteiger partial charge in [-0.3, -0.25) is 9.59 Å². The predicted molar refractivity (Wildman–Crippen MR) is 62.5 cm³/mol.